The highest BCUT2D eigenvalue weighted by molar-refractivity contribution is 14.1. The van der Waals surface area contributed by atoms with E-state index in [0.717, 1.165) is 45.6 Å². The summed E-state index contributed by atoms with van der Waals surface area (Å²) in [6, 6.07) is 11.3. The molecule has 1 aromatic carbocycles. The van der Waals surface area contributed by atoms with Crippen LogP contribution in [0.3, 0.4) is 0 Å². The monoisotopic (exact) mass is 383 g/mol. The number of hydrogen-bond acceptors (Lipinski definition) is 3. The highest BCUT2D eigenvalue weighted by atomic mass is 127. The minimum absolute atomic E-state index is 0.112. The van der Waals surface area contributed by atoms with Gasteiger partial charge in [0, 0.05) is 36.3 Å². The van der Waals surface area contributed by atoms with Crippen molar-refractivity contribution < 1.29 is 0 Å². The van der Waals surface area contributed by atoms with Gasteiger partial charge < -0.3 is 0 Å². The maximum atomic E-state index is 9.23. The van der Waals surface area contributed by atoms with E-state index in [1.165, 1.54) is 9.13 Å². The SMILES string of the molecule is CCCC(C#N)N1CCN(Cc2ccc(I)cc2)CC1. The molecule has 0 spiro atoms. The summed E-state index contributed by atoms with van der Waals surface area (Å²) in [7, 11) is 0. The molecule has 108 valence electrons. The molecule has 1 heterocycles. The van der Waals surface area contributed by atoms with Gasteiger partial charge in [-0.1, -0.05) is 25.5 Å². The lowest BCUT2D eigenvalue weighted by molar-refractivity contribution is 0.106. The minimum atomic E-state index is 0.112. The van der Waals surface area contributed by atoms with E-state index >= 15 is 0 Å². The normalized spacial score (nSPS) is 18.6. The molecule has 0 bridgehead atoms. The van der Waals surface area contributed by atoms with Gasteiger partial charge >= 0.3 is 0 Å². The Morgan fingerprint density at radius 2 is 1.85 bits per heavy atom. The van der Waals surface area contributed by atoms with E-state index in [1.807, 2.05) is 0 Å². The molecule has 1 fully saturated rings. The van der Waals surface area contributed by atoms with Gasteiger partial charge in [0.25, 0.3) is 0 Å². The number of nitriles is 1. The zero-order valence-corrected chi connectivity index (χ0v) is 14.2. The fourth-order valence-electron chi connectivity index (χ4n) is 2.68. The van der Waals surface area contributed by atoms with Gasteiger partial charge in [0.15, 0.2) is 0 Å². The van der Waals surface area contributed by atoms with Crippen LogP contribution in [0.25, 0.3) is 0 Å². The number of benzene rings is 1. The molecule has 1 aliphatic heterocycles. The first kappa shape index (κ1) is 15.7. The first-order valence-corrected chi connectivity index (χ1v) is 8.41. The molecule has 1 aromatic rings. The van der Waals surface area contributed by atoms with Crippen molar-refractivity contribution in [2.45, 2.75) is 32.4 Å². The van der Waals surface area contributed by atoms with Crippen LogP contribution in [0.5, 0.6) is 0 Å². The molecule has 1 atom stereocenters. The lowest BCUT2D eigenvalue weighted by Gasteiger charge is -2.36. The van der Waals surface area contributed by atoms with Crippen molar-refractivity contribution in [3.8, 4) is 6.07 Å². The third-order valence-electron chi connectivity index (χ3n) is 3.88. The van der Waals surface area contributed by atoms with Crippen LogP contribution in [-0.4, -0.2) is 42.0 Å². The topological polar surface area (TPSA) is 30.3 Å². The van der Waals surface area contributed by atoms with Gasteiger partial charge in [-0.05, 0) is 46.7 Å². The van der Waals surface area contributed by atoms with Gasteiger partial charge in [0.2, 0.25) is 0 Å². The Balaban J connectivity index is 1.82. The first-order chi connectivity index (χ1) is 9.72. The highest BCUT2D eigenvalue weighted by Gasteiger charge is 2.22. The molecular formula is C16H22IN3. The lowest BCUT2D eigenvalue weighted by atomic mass is 10.1. The van der Waals surface area contributed by atoms with E-state index in [4.69, 9.17) is 0 Å². The Morgan fingerprint density at radius 1 is 1.20 bits per heavy atom. The van der Waals surface area contributed by atoms with Crippen LogP contribution < -0.4 is 0 Å². The summed E-state index contributed by atoms with van der Waals surface area (Å²) >= 11 is 2.34. The van der Waals surface area contributed by atoms with Gasteiger partial charge in [-0.15, -0.1) is 0 Å². The maximum Gasteiger partial charge on any atom is 0.0978 e. The molecule has 0 aromatic heterocycles. The summed E-state index contributed by atoms with van der Waals surface area (Å²) in [5.74, 6) is 0. The Morgan fingerprint density at radius 3 is 2.40 bits per heavy atom. The van der Waals surface area contributed by atoms with Crippen LogP contribution in [0, 0.1) is 14.9 Å². The summed E-state index contributed by atoms with van der Waals surface area (Å²) in [5.41, 5.74) is 1.38. The van der Waals surface area contributed by atoms with Gasteiger partial charge in [-0.3, -0.25) is 9.80 Å². The van der Waals surface area contributed by atoms with E-state index in [-0.39, 0.29) is 6.04 Å². The van der Waals surface area contributed by atoms with Crippen LogP contribution in [0.1, 0.15) is 25.3 Å². The molecule has 0 radical (unpaired) electrons. The van der Waals surface area contributed by atoms with Crippen molar-refractivity contribution >= 4 is 22.6 Å². The van der Waals surface area contributed by atoms with Gasteiger partial charge in [-0.25, -0.2) is 0 Å². The van der Waals surface area contributed by atoms with E-state index in [1.54, 1.807) is 0 Å². The molecule has 0 amide bonds. The average Bonchev–Trinajstić information content (AvgIpc) is 2.48. The molecule has 4 heteroatoms. The fraction of sp³-hybridized carbons (Fsp3) is 0.562. The standard InChI is InChI=1S/C16H22IN3/c1-2-3-16(12-18)20-10-8-19(9-11-20)13-14-4-6-15(17)7-5-14/h4-7,16H,2-3,8-11,13H2,1H3. The van der Waals surface area contributed by atoms with Crippen LogP contribution in [0.4, 0.5) is 0 Å². The van der Waals surface area contributed by atoms with Crippen molar-refractivity contribution in [2.75, 3.05) is 26.2 Å². The Bertz CT molecular complexity index is 444. The molecule has 0 aliphatic carbocycles. The maximum absolute atomic E-state index is 9.23. The highest BCUT2D eigenvalue weighted by Crippen LogP contribution is 2.14. The summed E-state index contributed by atoms with van der Waals surface area (Å²) in [5, 5.41) is 9.23. The third-order valence-corrected chi connectivity index (χ3v) is 4.60. The van der Waals surface area contributed by atoms with Gasteiger partial charge in [0.1, 0.15) is 0 Å². The van der Waals surface area contributed by atoms with Crippen molar-refractivity contribution in [1.82, 2.24) is 9.80 Å². The second kappa shape index (κ2) is 7.96. The van der Waals surface area contributed by atoms with Crippen molar-refractivity contribution in [3.63, 3.8) is 0 Å². The summed E-state index contributed by atoms with van der Waals surface area (Å²) < 4.78 is 1.28. The predicted molar refractivity (Wildman–Crippen MR) is 90.3 cm³/mol. The molecule has 0 saturated carbocycles. The average molecular weight is 383 g/mol. The summed E-state index contributed by atoms with van der Waals surface area (Å²) in [6.07, 6.45) is 2.08. The fourth-order valence-corrected chi connectivity index (χ4v) is 3.04. The largest absolute Gasteiger partial charge is 0.297 e. The second-order valence-electron chi connectivity index (χ2n) is 5.37. The number of piperazine rings is 1. The molecule has 3 nitrogen and oxygen atoms in total. The van der Waals surface area contributed by atoms with E-state index < -0.39 is 0 Å². The zero-order chi connectivity index (χ0) is 14.4. The Hall–Kier alpha value is -0.640. The Labute approximate surface area is 135 Å². The minimum Gasteiger partial charge on any atom is -0.297 e. The van der Waals surface area contributed by atoms with Crippen molar-refractivity contribution in [1.29, 1.82) is 5.26 Å². The second-order valence-corrected chi connectivity index (χ2v) is 6.62. The summed E-state index contributed by atoms with van der Waals surface area (Å²) in [6.45, 7) is 7.33. The number of hydrogen-bond donors (Lipinski definition) is 0. The van der Waals surface area contributed by atoms with Crippen LogP contribution >= 0.6 is 22.6 Å². The molecule has 2 rings (SSSR count). The van der Waals surface area contributed by atoms with Crippen molar-refractivity contribution in [3.05, 3.63) is 33.4 Å². The van der Waals surface area contributed by atoms with Crippen LogP contribution in [-0.2, 0) is 6.54 Å². The quantitative estimate of drug-likeness (QED) is 0.733. The molecule has 1 unspecified atom stereocenters. The van der Waals surface area contributed by atoms with Crippen molar-refractivity contribution in [2.24, 2.45) is 0 Å². The van der Waals surface area contributed by atoms with E-state index in [9.17, 15) is 5.26 Å². The first-order valence-electron chi connectivity index (χ1n) is 7.33. The van der Waals surface area contributed by atoms with E-state index in [0.29, 0.717) is 0 Å². The molecule has 1 saturated heterocycles. The zero-order valence-electron chi connectivity index (χ0n) is 12.1. The third kappa shape index (κ3) is 4.44. The van der Waals surface area contributed by atoms with E-state index in [2.05, 4.69) is 69.6 Å². The smallest absolute Gasteiger partial charge is 0.0978 e. The number of halogens is 1. The molecule has 20 heavy (non-hydrogen) atoms. The van der Waals surface area contributed by atoms with Gasteiger partial charge in [0.05, 0.1) is 12.1 Å². The molecule has 1 aliphatic rings. The number of rotatable bonds is 5. The number of nitrogens with zero attached hydrogens (tertiary/aromatic N) is 3. The predicted octanol–water partition coefficient (Wildman–Crippen LogP) is 3.10. The Kier molecular flexibility index (Phi) is 6.27. The molecule has 0 N–H and O–H groups in total. The molecular weight excluding hydrogens is 361 g/mol. The van der Waals surface area contributed by atoms with Crippen LogP contribution in [0.2, 0.25) is 0 Å². The lowest BCUT2D eigenvalue weighted by Crippen LogP contribution is -2.49. The van der Waals surface area contributed by atoms with Crippen LogP contribution in [0.15, 0.2) is 24.3 Å². The van der Waals surface area contributed by atoms with Gasteiger partial charge in [-0.2, -0.15) is 5.26 Å². The summed E-state index contributed by atoms with van der Waals surface area (Å²) in [4.78, 5) is 4.83.